The number of nitrogens with zero attached hydrogens (tertiary/aromatic N) is 2. The second-order valence-corrected chi connectivity index (χ2v) is 14.4. The van der Waals surface area contributed by atoms with Gasteiger partial charge in [0.15, 0.2) is 5.71 Å². The van der Waals surface area contributed by atoms with Crippen molar-refractivity contribution in [2.24, 2.45) is 5.92 Å². The first kappa shape index (κ1) is 30.9. The van der Waals surface area contributed by atoms with E-state index in [2.05, 4.69) is 184 Å². The van der Waals surface area contributed by atoms with Crippen molar-refractivity contribution >= 4 is 27.9 Å². The average Bonchev–Trinajstić information content (AvgIpc) is 3.44. The number of hydrogen-bond acceptors (Lipinski definition) is 1. The molecule has 5 aromatic carbocycles. The zero-order chi connectivity index (χ0) is 32.6. The minimum atomic E-state index is -0.204. The monoisotopic (exact) mass is 615 g/mol. The average molecular weight is 616 g/mol. The first-order chi connectivity index (χ1) is 22.8. The highest BCUT2D eigenvalue weighted by Crippen LogP contribution is 2.51. The maximum Gasteiger partial charge on any atom is 0.210 e. The number of hydrogen-bond donors (Lipinski definition) is 0. The fourth-order valence-electron chi connectivity index (χ4n) is 8.25. The van der Waals surface area contributed by atoms with E-state index in [9.17, 15) is 0 Å². The van der Waals surface area contributed by atoms with E-state index in [0.717, 1.165) is 25.8 Å². The number of fused-ring (bicyclic) bond motifs is 4. The molecule has 0 unspecified atom stereocenters. The van der Waals surface area contributed by atoms with E-state index in [1.54, 1.807) is 0 Å². The molecule has 0 saturated carbocycles. The van der Waals surface area contributed by atoms with Crippen LogP contribution in [0.4, 0.5) is 11.4 Å². The maximum atomic E-state index is 2.60. The Morgan fingerprint density at radius 3 is 2.02 bits per heavy atom. The Bertz CT molecular complexity index is 1950. The number of rotatable bonds is 9. The smallest absolute Gasteiger partial charge is 0.210 e. The van der Waals surface area contributed by atoms with Gasteiger partial charge < -0.3 is 4.90 Å². The van der Waals surface area contributed by atoms with Crippen molar-refractivity contribution in [1.29, 1.82) is 0 Å². The van der Waals surface area contributed by atoms with Crippen LogP contribution in [0.1, 0.15) is 56.4 Å². The van der Waals surface area contributed by atoms with Crippen molar-refractivity contribution in [3.63, 3.8) is 0 Å². The highest BCUT2D eigenvalue weighted by molar-refractivity contribution is 6.07. The van der Waals surface area contributed by atoms with Crippen LogP contribution >= 0.6 is 0 Å². The lowest BCUT2D eigenvalue weighted by Crippen LogP contribution is -2.34. The quantitative estimate of drug-likeness (QED) is 0.150. The minimum Gasteiger partial charge on any atom is -0.347 e. The van der Waals surface area contributed by atoms with Crippen LogP contribution < -0.4 is 4.90 Å². The fraction of sp³-hybridized carbons (Fsp3) is 0.267. The van der Waals surface area contributed by atoms with Crippen molar-refractivity contribution in [2.45, 2.75) is 57.8 Å². The SMILES string of the molecule is CC(C)CC[N+]1=C(C=CC=C2N(C)c3ccccc3C2(Cc2ccccc2)Cc2ccccc2)C(C)(C)c2c1ccc1ccccc21. The van der Waals surface area contributed by atoms with Crippen LogP contribution in [-0.2, 0) is 23.7 Å². The molecule has 0 fully saturated rings. The van der Waals surface area contributed by atoms with E-state index in [1.807, 2.05) is 0 Å². The molecule has 2 nitrogen and oxygen atoms in total. The summed E-state index contributed by atoms with van der Waals surface area (Å²) in [4.78, 5) is 2.44. The third-order valence-corrected chi connectivity index (χ3v) is 10.5. The molecular weight excluding hydrogens is 569 g/mol. The fourth-order valence-corrected chi connectivity index (χ4v) is 8.25. The van der Waals surface area contributed by atoms with Gasteiger partial charge in [-0.25, -0.2) is 0 Å². The predicted molar refractivity (Wildman–Crippen MR) is 200 cm³/mol. The summed E-state index contributed by atoms with van der Waals surface area (Å²) in [6.45, 7) is 10.5. The van der Waals surface area contributed by atoms with Crippen molar-refractivity contribution in [3.05, 3.63) is 168 Å². The van der Waals surface area contributed by atoms with Crippen LogP contribution in [0.15, 0.2) is 145 Å². The molecular formula is C45H47N2+. The Hall–Kier alpha value is -4.69. The summed E-state index contributed by atoms with van der Waals surface area (Å²) in [6, 6.07) is 44.6. The second-order valence-electron chi connectivity index (χ2n) is 14.4. The summed E-state index contributed by atoms with van der Waals surface area (Å²) < 4.78 is 2.60. The minimum absolute atomic E-state index is 0.127. The largest absolute Gasteiger partial charge is 0.347 e. The topological polar surface area (TPSA) is 6.25 Å². The van der Waals surface area contributed by atoms with Crippen LogP contribution in [0.3, 0.4) is 0 Å². The third-order valence-electron chi connectivity index (χ3n) is 10.5. The molecule has 5 aromatic rings. The van der Waals surface area contributed by atoms with Gasteiger partial charge in [0.25, 0.3) is 0 Å². The number of likely N-dealkylation sites (N-methyl/N-ethyl adjacent to an activating group) is 1. The molecule has 0 atom stereocenters. The van der Waals surface area contributed by atoms with E-state index in [4.69, 9.17) is 0 Å². The van der Waals surface area contributed by atoms with Crippen molar-refractivity contribution in [2.75, 3.05) is 18.5 Å². The molecule has 2 aliphatic heterocycles. The van der Waals surface area contributed by atoms with Gasteiger partial charge >= 0.3 is 0 Å². The maximum absolute atomic E-state index is 2.60. The molecule has 0 aromatic heterocycles. The van der Waals surface area contributed by atoms with E-state index >= 15 is 0 Å². The van der Waals surface area contributed by atoms with Gasteiger partial charge in [0, 0.05) is 48.0 Å². The lowest BCUT2D eigenvalue weighted by Gasteiger charge is -2.33. The highest BCUT2D eigenvalue weighted by Gasteiger charge is 2.47. The lowest BCUT2D eigenvalue weighted by atomic mass is 9.70. The van der Waals surface area contributed by atoms with Crippen LogP contribution in [-0.4, -0.2) is 23.9 Å². The summed E-state index contributed by atoms with van der Waals surface area (Å²) >= 11 is 0. The number of allylic oxidation sites excluding steroid dienone is 4. The van der Waals surface area contributed by atoms with Gasteiger partial charge in [-0.05, 0) is 78.3 Å². The van der Waals surface area contributed by atoms with Crippen LogP contribution in [0.5, 0.6) is 0 Å². The molecule has 0 radical (unpaired) electrons. The highest BCUT2D eigenvalue weighted by atomic mass is 15.2. The Morgan fingerprint density at radius 1 is 0.723 bits per heavy atom. The molecule has 7 rings (SSSR count). The first-order valence-corrected chi connectivity index (χ1v) is 17.3. The molecule has 2 heterocycles. The molecule has 0 spiro atoms. The molecule has 0 bridgehead atoms. The predicted octanol–water partition coefficient (Wildman–Crippen LogP) is 10.6. The van der Waals surface area contributed by atoms with Gasteiger partial charge in [0.05, 0.1) is 5.41 Å². The molecule has 47 heavy (non-hydrogen) atoms. The zero-order valence-corrected chi connectivity index (χ0v) is 28.6. The van der Waals surface area contributed by atoms with Crippen LogP contribution in [0, 0.1) is 5.92 Å². The van der Waals surface area contributed by atoms with Crippen LogP contribution in [0.25, 0.3) is 10.8 Å². The van der Waals surface area contributed by atoms with Gasteiger partial charge in [0.2, 0.25) is 5.69 Å². The third kappa shape index (κ3) is 5.54. The summed E-state index contributed by atoms with van der Waals surface area (Å²) in [5.74, 6) is 0.636. The van der Waals surface area contributed by atoms with Gasteiger partial charge in [-0.3, -0.25) is 0 Å². The Balaban J connectivity index is 1.37. The number of para-hydroxylation sites is 1. The molecule has 2 heteroatoms. The summed E-state index contributed by atoms with van der Waals surface area (Å²) in [6.07, 6.45) is 10.2. The summed E-state index contributed by atoms with van der Waals surface area (Å²) in [5, 5.41) is 2.68. The van der Waals surface area contributed by atoms with Gasteiger partial charge in [-0.1, -0.05) is 123 Å². The molecule has 0 saturated heterocycles. The van der Waals surface area contributed by atoms with E-state index < -0.39 is 0 Å². The molecule has 0 amide bonds. The van der Waals surface area contributed by atoms with E-state index in [0.29, 0.717) is 5.92 Å². The number of benzene rings is 5. The molecule has 0 N–H and O–H groups in total. The Labute approximate surface area is 281 Å². The van der Waals surface area contributed by atoms with Crippen LogP contribution in [0.2, 0.25) is 0 Å². The zero-order valence-electron chi connectivity index (χ0n) is 28.6. The van der Waals surface area contributed by atoms with E-state index in [1.165, 1.54) is 55.8 Å². The van der Waals surface area contributed by atoms with Crippen molar-refractivity contribution in [1.82, 2.24) is 0 Å². The normalized spacial score (nSPS) is 17.3. The molecule has 2 aliphatic rings. The summed E-state index contributed by atoms with van der Waals surface area (Å²) in [7, 11) is 2.25. The standard InChI is InChI=1S/C45H47N2/c1-33(2)29-30-47-40-28-27-36-21-12-13-22-37(36)43(40)44(3,4)41(47)25-16-26-42-45(31-34-17-8-6-9-18-34,32-35-19-10-7-11-20-35)38-23-14-15-24-39(38)46(42)5/h6-28,33H,29-32H2,1-5H3/q+1. The molecule has 0 aliphatic carbocycles. The Kier molecular flexibility index (Phi) is 8.22. The van der Waals surface area contributed by atoms with Gasteiger partial charge in [0.1, 0.15) is 6.54 Å². The first-order valence-electron chi connectivity index (χ1n) is 17.3. The second kappa shape index (κ2) is 12.5. The number of anilines is 1. The van der Waals surface area contributed by atoms with Gasteiger partial charge in [-0.2, -0.15) is 4.58 Å². The molecule has 236 valence electrons. The summed E-state index contributed by atoms with van der Waals surface area (Å²) in [5.41, 5.74) is 10.6. The van der Waals surface area contributed by atoms with Gasteiger partial charge in [-0.15, -0.1) is 0 Å². The Morgan fingerprint density at radius 2 is 1.34 bits per heavy atom. The van der Waals surface area contributed by atoms with Crippen molar-refractivity contribution in [3.8, 4) is 0 Å². The van der Waals surface area contributed by atoms with E-state index in [-0.39, 0.29) is 10.8 Å². The van der Waals surface area contributed by atoms with Crippen molar-refractivity contribution < 1.29 is 4.58 Å². The lowest BCUT2D eigenvalue weighted by molar-refractivity contribution is -0.439.